The van der Waals surface area contributed by atoms with Gasteiger partial charge in [0.1, 0.15) is 0 Å². The van der Waals surface area contributed by atoms with E-state index in [4.69, 9.17) is 4.74 Å². The number of nitrogens with one attached hydrogen (secondary N) is 1. The van der Waals surface area contributed by atoms with Gasteiger partial charge >= 0.3 is 6.18 Å². The number of rotatable bonds is 4. The van der Waals surface area contributed by atoms with Crippen molar-refractivity contribution < 1.29 is 22.7 Å². The largest absolute Gasteiger partial charge is 0.417 e. The lowest BCUT2D eigenvalue weighted by molar-refractivity contribution is -0.137. The summed E-state index contributed by atoms with van der Waals surface area (Å²) in [5.74, 6) is 0.101. The number of alkyl halides is 3. The summed E-state index contributed by atoms with van der Waals surface area (Å²) in [6, 6.07) is 11.6. The molecule has 4 heterocycles. The van der Waals surface area contributed by atoms with Gasteiger partial charge in [-0.1, -0.05) is 18.2 Å². The molecular formula is C23H19F3N6O2. The Bertz CT molecular complexity index is 1350. The lowest BCUT2D eigenvalue weighted by atomic mass is 10.0. The number of nitrogens with zero attached hydrogens (tertiary/aromatic N) is 5. The molecule has 3 aromatic heterocycles. The molecule has 0 atom stereocenters. The van der Waals surface area contributed by atoms with E-state index in [0.29, 0.717) is 43.5 Å². The zero-order valence-corrected chi connectivity index (χ0v) is 17.8. The summed E-state index contributed by atoms with van der Waals surface area (Å²) >= 11 is 0. The first kappa shape index (κ1) is 21.8. The Labute approximate surface area is 192 Å². The van der Waals surface area contributed by atoms with Crippen LogP contribution in [0.25, 0.3) is 16.9 Å². The Morgan fingerprint density at radius 2 is 1.79 bits per heavy atom. The van der Waals surface area contributed by atoms with Gasteiger partial charge in [-0.3, -0.25) is 4.79 Å². The second-order valence-corrected chi connectivity index (χ2v) is 7.60. The SMILES string of the molecule is O=C(Nc1cccnc1N1CCOCC1)c1cnc2ccc(-c3ccccc3C(F)(F)F)nn12. The predicted molar refractivity (Wildman–Crippen MR) is 119 cm³/mol. The Morgan fingerprint density at radius 1 is 1.00 bits per heavy atom. The lowest BCUT2D eigenvalue weighted by Crippen LogP contribution is -2.37. The maximum absolute atomic E-state index is 13.5. The quantitative estimate of drug-likeness (QED) is 0.489. The Balaban J connectivity index is 1.49. The Kier molecular flexibility index (Phi) is 5.62. The van der Waals surface area contributed by atoms with Gasteiger partial charge in [-0.05, 0) is 30.3 Å². The number of aromatic nitrogens is 4. The van der Waals surface area contributed by atoms with Crippen molar-refractivity contribution in [3.05, 3.63) is 72.2 Å². The number of benzene rings is 1. The van der Waals surface area contributed by atoms with Gasteiger partial charge in [0.05, 0.1) is 36.4 Å². The highest BCUT2D eigenvalue weighted by atomic mass is 19.4. The molecular weight excluding hydrogens is 449 g/mol. The fraction of sp³-hybridized carbons (Fsp3) is 0.217. The highest BCUT2D eigenvalue weighted by Gasteiger charge is 2.33. The van der Waals surface area contributed by atoms with Crippen LogP contribution >= 0.6 is 0 Å². The minimum atomic E-state index is -4.54. The summed E-state index contributed by atoms with van der Waals surface area (Å²) in [6.45, 7) is 2.39. The summed E-state index contributed by atoms with van der Waals surface area (Å²) in [4.78, 5) is 23.7. The van der Waals surface area contributed by atoms with E-state index in [-0.39, 0.29) is 17.0 Å². The van der Waals surface area contributed by atoms with Gasteiger partial charge in [0.25, 0.3) is 5.91 Å². The van der Waals surface area contributed by atoms with Gasteiger partial charge in [-0.15, -0.1) is 0 Å². The van der Waals surface area contributed by atoms with Crippen LogP contribution in [0.1, 0.15) is 16.1 Å². The molecule has 4 aromatic rings. The lowest BCUT2D eigenvalue weighted by Gasteiger charge is -2.29. The number of halogens is 3. The average Bonchev–Trinajstić information content (AvgIpc) is 3.28. The minimum Gasteiger partial charge on any atom is -0.378 e. The van der Waals surface area contributed by atoms with Crippen LogP contribution < -0.4 is 10.2 Å². The number of carbonyl (C=O) groups is 1. The van der Waals surface area contributed by atoms with E-state index in [1.165, 1.54) is 41.0 Å². The fourth-order valence-corrected chi connectivity index (χ4v) is 3.83. The van der Waals surface area contributed by atoms with E-state index < -0.39 is 17.6 Å². The van der Waals surface area contributed by atoms with Gasteiger partial charge in [0.15, 0.2) is 17.2 Å². The molecule has 11 heteroatoms. The van der Waals surface area contributed by atoms with Crippen LogP contribution in [0, 0.1) is 0 Å². The van der Waals surface area contributed by atoms with Crippen LogP contribution in [0.4, 0.5) is 24.7 Å². The number of anilines is 2. The van der Waals surface area contributed by atoms with Crippen LogP contribution in [-0.2, 0) is 10.9 Å². The number of morpholine rings is 1. The third-order valence-electron chi connectivity index (χ3n) is 5.45. The molecule has 1 saturated heterocycles. The highest BCUT2D eigenvalue weighted by molar-refractivity contribution is 6.04. The van der Waals surface area contributed by atoms with Gasteiger partial charge in [0, 0.05) is 24.8 Å². The first-order valence-corrected chi connectivity index (χ1v) is 10.5. The standard InChI is InChI=1S/C23H19F3N6O2/c24-23(25,26)16-5-2-1-4-15(16)17-7-8-20-28-14-19(32(20)30-17)22(33)29-18-6-3-9-27-21(18)31-10-12-34-13-11-31/h1-9,14H,10-13H2,(H,29,33). The molecule has 174 valence electrons. The number of fused-ring (bicyclic) bond motifs is 1. The number of carbonyl (C=O) groups excluding carboxylic acids is 1. The van der Waals surface area contributed by atoms with E-state index in [1.54, 1.807) is 18.3 Å². The Hall–Kier alpha value is -3.99. The first-order chi connectivity index (χ1) is 16.4. The molecule has 1 N–H and O–H groups in total. The number of pyridine rings is 1. The zero-order valence-electron chi connectivity index (χ0n) is 17.8. The third-order valence-corrected chi connectivity index (χ3v) is 5.45. The molecule has 1 aliphatic heterocycles. The minimum absolute atomic E-state index is 0.0721. The molecule has 0 spiro atoms. The van der Waals surface area contributed by atoms with Crippen molar-refractivity contribution in [2.75, 3.05) is 36.5 Å². The van der Waals surface area contributed by atoms with Gasteiger partial charge in [0.2, 0.25) is 0 Å². The van der Waals surface area contributed by atoms with Crippen LogP contribution in [0.2, 0.25) is 0 Å². The molecule has 8 nitrogen and oxygen atoms in total. The average molecular weight is 468 g/mol. The monoisotopic (exact) mass is 468 g/mol. The smallest absolute Gasteiger partial charge is 0.378 e. The van der Waals surface area contributed by atoms with Crippen molar-refractivity contribution in [1.82, 2.24) is 19.6 Å². The topological polar surface area (TPSA) is 84.7 Å². The Morgan fingerprint density at radius 3 is 2.59 bits per heavy atom. The van der Waals surface area contributed by atoms with E-state index in [1.807, 2.05) is 4.90 Å². The summed E-state index contributed by atoms with van der Waals surface area (Å²) in [5.41, 5.74) is 0.0965. The molecule has 0 bridgehead atoms. The van der Waals surface area contributed by atoms with Crippen molar-refractivity contribution >= 4 is 23.1 Å². The number of hydrogen-bond acceptors (Lipinski definition) is 6. The summed E-state index contributed by atoms with van der Waals surface area (Å²) in [6.07, 6.45) is -1.57. The number of hydrogen-bond donors (Lipinski definition) is 1. The van der Waals surface area contributed by atoms with Crippen molar-refractivity contribution in [3.63, 3.8) is 0 Å². The zero-order chi connectivity index (χ0) is 23.7. The number of amides is 1. The maximum atomic E-state index is 13.5. The van der Waals surface area contributed by atoms with Crippen LogP contribution in [0.3, 0.4) is 0 Å². The van der Waals surface area contributed by atoms with Crippen molar-refractivity contribution in [2.24, 2.45) is 0 Å². The highest BCUT2D eigenvalue weighted by Crippen LogP contribution is 2.36. The molecule has 5 rings (SSSR count). The fourth-order valence-electron chi connectivity index (χ4n) is 3.83. The van der Waals surface area contributed by atoms with Gasteiger partial charge in [-0.2, -0.15) is 18.3 Å². The maximum Gasteiger partial charge on any atom is 0.417 e. The van der Waals surface area contributed by atoms with E-state index in [0.717, 1.165) is 6.07 Å². The summed E-state index contributed by atoms with van der Waals surface area (Å²) in [7, 11) is 0. The second-order valence-electron chi connectivity index (χ2n) is 7.60. The first-order valence-electron chi connectivity index (χ1n) is 10.5. The van der Waals surface area contributed by atoms with Gasteiger partial charge < -0.3 is 15.0 Å². The molecule has 1 fully saturated rings. The number of imidazole rings is 1. The van der Waals surface area contributed by atoms with Crippen LogP contribution in [0.5, 0.6) is 0 Å². The van der Waals surface area contributed by atoms with Crippen molar-refractivity contribution in [1.29, 1.82) is 0 Å². The van der Waals surface area contributed by atoms with E-state index in [2.05, 4.69) is 20.4 Å². The molecule has 34 heavy (non-hydrogen) atoms. The third kappa shape index (κ3) is 4.17. The normalized spacial score (nSPS) is 14.4. The van der Waals surface area contributed by atoms with Gasteiger partial charge in [-0.25, -0.2) is 14.5 Å². The van der Waals surface area contributed by atoms with Crippen molar-refractivity contribution in [2.45, 2.75) is 6.18 Å². The predicted octanol–water partition coefficient (Wildman–Crippen LogP) is 3.90. The molecule has 0 unspecified atom stereocenters. The van der Waals surface area contributed by atoms with Crippen LogP contribution in [-0.4, -0.2) is 51.8 Å². The number of ether oxygens (including phenoxy) is 1. The molecule has 0 radical (unpaired) electrons. The summed E-state index contributed by atoms with van der Waals surface area (Å²) < 4.78 is 47.1. The second kappa shape index (κ2) is 8.75. The van der Waals surface area contributed by atoms with E-state index in [9.17, 15) is 18.0 Å². The molecule has 1 amide bonds. The van der Waals surface area contributed by atoms with Crippen molar-refractivity contribution in [3.8, 4) is 11.3 Å². The molecule has 0 aliphatic carbocycles. The summed E-state index contributed by atoms with van der Waals surface area (Å²) in [5, 5.41) is 7.14. The van der Waals surface area contributed by atoms with E-state index >= 15 is 0 Å². The molecule has 0 saturated carbocycles. The molecule has 1 aliphatic rings. The molecule has 1 aromatic carbocycles. The van der Waals surface area contributed by atoms with Crippen LogP contribution in [0.15, 0.2) is 60.9 Å².